The van der Waals surface area contributed by atoms with E-state index in [-0.39, 0.29) is 5.41 Å². The largest absolute Gasteiger partial charge is 0.310 e. The van der Waals surface area contributed by atoms with Crippen LogP contribution in [0.5, 0.6) is 0 Å². The zero-order valence-corrected chi connectivity index (χ0v) is 32.5. The van der Waals surface area contributed by atoms with E-state index in [0.717, 1.165) is 37.1 Å². The smallest absolute Gasteiger partial charge is 0.0465 e. The predicted molar refractivity (Wildman–Crippen MR) is 230 cm³/mol. The first kappa shape index (κ1) is 35.5. The Morgan fingerprint density at radius 3 is 1.96 bits per heavy atom. The molecule has 0 unspecified atom stereocenters. The summed E-state index contributed by atoms with van der Waals surface area (Å²) in [5.74, 6) is 0. The maximum absolute atomic E-state index is 2.43. The van der Waals surface area contributed by atoms with Gasteiger partial charge in [0.25, 0.3) is 0 Å². The highest BCUT2D eigenvalue weighted by Gasteiger charge is 2.37. The van der Waals surface area contributed by atoms with E-state index in [2.05, 4.69) is 172 Å². The Hall–Kier alpha value is -4.92. The summed E-state index contributed by atoms with van der Waals surface area (Å²) in [6, 6.07) is 42.8. The van der Waals surface area contributed by atoms with Crippen LogP contribution in [0, 0.1) is 0 Å². The topological polar surface area (TPSA) is 3.24 Å². The van der Waals surface area contributed by atoms with E-state index < -0.39 is 0 Å². The van der Waals surface area contributed by atoms with Crippen LogP contribution >= 0.6 is 11.3 Å². The molecule has 0 spiro atoms. The molecule has 52 heavy (non-hydrogen) atoms. The lowest BCUT2D eigenvalue weighted by Crippen LogP contribution is -2.18. The SMILES string of the molecule is CC.CC1(C)C2=C(C=CCC2)c2ccc(N(c3ccccc3)c3ccc(-c4ccc(-c5cccc6c7c(sc56)CCC=C7)cc4)cc3)cc21.CCC. The summed E-state index contributed by atoms with van der Waals surface area (Å²) in [6.07, 6.45) is 15.1. The number of fused-ring (bicyclic) bond motifs is 5. The summed E-state index contributed by atoms with van der Waals surface area (Å²) < 4.78 is 1.41. The minimum Gasteiger partial charge on any atom is -0.310 e. The molecule has 0 bridgehead atoms. The van der Waals surface area contributed by atoms with Crippen LogP contribution in [0.4, 0.5) is 17.1 Å². The molecule has 1 heterocycles. The summed E-state index contributed by atoms with van der Waals surface area (Å²) in [7, 11) is 0. The van der Waals surface area contributed by atoms with Crippen molar-refractivity contribution in [2.45, 2.75) is 79.1 Å². The van der Waals surface area contributed by atoms with Gasteiger partial charge in [0.05, 0.1) is 0 Å². The van der Waals surface area contributed by atoms with Crippen molar-refractivity contribution in [2.24, 2.45) is 0 Å². The second kappa shape index (κ2) is 15.4. The normalized spacial score (nSPS) is 14.8. The van der Waals surface area contributed by atoms with E-state index in [9.17, 15) is 0 Å². The van der Waals surface area contributed by atoms with E-state index in [1.807, 2.05) is 25.2 Å². The Kier molecular flexibility index (Phi) is 10.5. The number of nitrogens with zero attached hydrogens (tertiary/aromatic N) is 1. The molecule has 1 nitrogen and oxygen atoms in total. The summed E-state index contributed by atoms with van der Waals surface area (Å²) in [5.41, 5.74) is 15.9. The highest BCUT2D eigenvalue weighted by Crippen LogP contribution is 2.51. The van der Waals surface area contributed by atoms with E-state index in [4.69, 9.17) is 0 Å². The van der Waals surface area contributed by atoms with Crippen LogP contribution in [0.15, 0.2) is 139 Å². The van der Waals surface area contributed by atoms with Crippen molar-refractivity contribution < 1.29 is 0 Å². The Bertz CT molecular complexity index is 2260. The number of allylic oxidation sites excluding steroid dienone is 5. The molecule has 0 radical (unpaired) electrons. The molecule has 262 valence electrons. The third-order valence-electron chi connectivity index (χ3n) is 10.5. The molecule has 0 aliphatic heterocycles. The number of benzene rings is 5. The van der Waals surface area contributed by atoms with Gasteiger partial charge >= 0.3 is 0 Å². The van der Waals surface area contributed by atoms with Gasteiger partial charge in [0.2, 0.25) is 0 Å². The molecule has 2 heteroatoms. The zero-order valence-electron chi connectivity index (χ0n) is 31.7. The van der Waals surface area contributed by atoms with Gasteiger partial charge in [-0.05, 0) is 107 Å². The second-order valence-electron chi connectivity index (χ2n) is 14.3. The van der Waals surface area contributed by atoms with Crippen LogP contribution in [0.25, 0.3) is 44.0 Å². The van der Waals surface area contributed by atoms with Crippen molar-refractivity contribution in [3.63, 3.8) is 0 Å². The van der Waals surface area contributed by atoms with Crippen molar-refractivity contribution in [3.8, 4) is 22.3 Å². The number of hydrogen-bond donors (Lipinski definition) is 0. The molecular formula is C50H51NS. The third-order valence-corrected chi connectivity index (χ3v) is 11.8. The van der Waals surface area contributed by atoms with Crippen LogP contribution in [0.3, 0.4) is 0 Å². The summed E-state index contributed by atoms with van der Waals surface area (Å²) >= 11 is 1.97. The number of hydrogen-bond acceptors (Lipinski definition) is 2. The van der Waals surface area contributed by atoms with Gasteiger partial charge in [-0.1, -0.05) is 157 Å². The lowest BCUT2D eigenvalue weighted by atomic mass is 9.78. The van der Waals surface area contributed by atoms with Gasteiger partial charge in [-0.15, -0.1) is 11.3 Å². The first-order chi connectivity index (χ1) is 25.5. The molecule has 0 saturated carbocycles. The lowest BCUT2D eigenvalue weighted by molar-refractivity contribution is 0.607. The number of anilines is 3. The molecule has 3 aliphatic rings. The minimum absolute atomic E-state index is 0.0370. The van der Waals surface area contributed by atoms with E-state index in [1.165, 1.54) is 71.6 Å². The average molecular weight is 698 g/mol. The average Bonchev–Trinajstić information content (AvgIpc) is 3.69. The standard InChI is InChI=1S/C45H37NS.C3H8.C2H6/c1-45(2)41-17-8-6-13-37(41)38-28-27-35(29-42(38)45)46(33-11-4-3-5-12-33)34-25-23-31(24-26-34)30-19-21-32(22-20-30)36-15-10-16-40-39-14-7-9-18-43(39)47-44(36)40;1-3-2;1-2/h3-7,10-16,19-29H,8-9,17-18H2,1-2H3;3H2,1-2H3;1-2H3. The maximum atomic E-state index is 2.43. The molecule has 5 aromatic carbocycles. The molecule has 6 aromatic rings. The van der Waals surface area contributed by atoms with Crippen molar-refractivity contribution in [3.05, 3.63) is 161 Å². The van der Waals surface area contributed by atoms with Crippen molar-refractivity contribution in [1.82, 2.24) is 0 Å². The van der Waals surface area contributed by atoms with Gasteiger partial charge < -0.3 is 4.90 Å². The molecule has 0 atom stereocenters. The van der Waals surface area contributed by atoms with Crippen LogP contribution in [-0.2, 0) is 11.8 Å². The Balaban J connectivity index is 0.000000802. The number of thiophene rings is 1. The highest BCUT2D eigenvalue weighted by atomic mass is 32.1. The Morgan fingerprint density at radius 2 is 1.23 bits per heavy atom. The summed E-state index contributed by atoms with van der Waals surface area (Å²) in [5, 5.41) is 1.39. The molecular weight excluding hydrogens is 647 g/mol. The fourth-order valence-electron chi connectivity index (χ4n) is 8.02. The number of rotatable bonds is 5. The van der Waals surface area contributed by atoms with Crippen LogP contribution in [0.2, 0.25) is 0 Å². The fourth-order valence-corrected chi connectivity index (χ4v) is 9.36. The Labute approximate surface area is 315 Å². The van der Waals surface area contributed by atoms with Gasteiger partial charge in [-0.3, -0.25) is 0 Å². The van der Waals surface area contributed by atoms with Gasteiger partial charge in [0.15, 0.2) is 0 Å². The number of aryl methyl sites for hydroxylation is 1. The number of para-hydroxylation sites is 1. The first-order valence-corrected chi connectivity index (χ1v) is 20.1. The molecule has 0 saturated heterocycles. The third kappa shape index (κ3) is 6.50. The van der Waals surface area contributed by atoms with Crippen molar-refractivity contribution in [1.29, 1.82) is 0 Å². The van der Waals surface area contributed by atoms with Gasteiger partial charge in [-0.25, -0.2) is 0 Å². The molecule has 1 aromatic heterocycles. The summed E-state index contributed by atoms with van der Waals surface area (Å²) in [4.78, 5) is 3.92. The monoisotopic (exact) mass is 697 g/mol. The van der Waals surface area contributed by atoms with E-state index in [0.29, 0.717) is 0 Å². The maximum Gasteiger partial charge on any atom is 0.0465 e. The molecule has 3 aliphatic carbocycles. The minimum atomic E-state index is 0.0370. The van der Waals surface area contributed by atoms with Gasteiger partial charge in [0.1, 0.15) is 0 Å². The highest BCUT2D eigenvalue weighted by molar-refractivity contribution is 7.20. The molecule has 9 rings (SSSR count). The van der Waals surface area contributed by atoms with Crippen LogP contribution in [0.1, 0.15) is 88.8 Å². The van der Waals surface area contributed by atoms with E-state index >= 15 is 0 Å². The van der Waals surface area contributed by atoms with E-state index in [1.54, 1.807) is 5.57 Å². The first-order valence-electron chi connectivity index (χ1n) is 19.3. The van der Waals surface area contributed by atoms with Gasteiger partial charge in [-0.2, -0.15) is 0 Å². The molecule has 0 N–H and O–H groups in total. The quantitative estimate of drug-likeness (QED) is 0.173. The Morgan fingerprint density at radius 1 is 0.615 bits per heavy atom. The fraction of sp³-hybridized carbons (Fsp3) is 0.240. The second-order valence-corrected chi connectivity index (χ2v) is 15.4. The zero-order chi connectivity index (χ0) is 36.2. The van der Waals surface area contributed by atoms with Gasteiger partial charge in [0, 0.05) is 37.4 Å². The van der Waals surface area contributed by atoms with Crippen LogP contribution in [-0.4, -0.2) is 0 Å². The van der Waals surface area contributed by atoms with Crippen LogP contribution < -0.4 is 4.90 Å². The lowest BCUT2D eigenvalue weighted by Gasteiger charge is -2.29. The van der Waals surface area contributed by atoms with Crippen molar-refractivity contribution in [2.75, 3.05) is 4.90 Å². The van der Waals surface area contributed by atoms with Crippen molar-refractivity contribution >= 4 is 50.1 Å². The summed E-state index contributed by atoms with van der Waals surface area (Å²) in [6.45, 7) is 13.0. The predicted octanol–water partition coefficient (Wildman–Crippen LogP) is 15.5. The molecule has 0 amide bonds. The molecule has 0 fully saturated rings.